The summed E-state index contributed by atoms with van der Waals surface area (Å²) in [7, 11) is 0. The van der Waals surface area contributed by atoms with Gasteiger partial charge in [-0.1, -0.05) is 35.0 Å². The molecule has 11 heteroatoms. The van der Waals surface area contributed by atoms with Crippen molar-refractivity contribution >= 4 is 29.2 Å². The fraction of sp³-hybridized carbons (Fsp3) is 0.143. The highest BCUT2D eigenvalue weighted by Gasteiger charge is 2.24. The Bertz CT molecular complexity index is 1290. The molecule has 0 radical (unpaired) electrons. The first-order chi connectivity index (χ1) is 15.4. The molecule has 0 aliphatic heterocycles. The highest BCUT2D eigenvalue weighted by Crippen LogP contribution is 2.35. The molecular formula is C21H18F2N6O2S. The Labute approximate surface area is 185 Å². The zero-order valence-electron chi connectivity index (χ0n) is 17.1. The highest BCUT2D eigenvalue weighted by molar-refractivity contribution is 7.98. The number of anilines is 2. The molecule has 0 saturated carbocycles. The summed E-state index contributed by atoms with van der Waals surface area (Å²) in [6.07, 6.45) is 1.79. The van der Waals surface area contributed by atoms with E-state index in [1.807, 2.05) is 31.2 Å². The van der Waals surface area contributed by atoms with Gasteiger partial charge in [0.1, 0.15) is 34.6 Å². The number of aromatic nitrogens is 4. The molecule has 164 valence electrons. The van der Waals surface area contributed by atoms with Crippen molar-refractivity contribution in [3.63, 3.8) is 0 Å². The van der Waals surface area contributed by atoms with Gasteiger partial charge in [0.05, 0.1) is 5.69 Å². The van der Waals surface area contributed by atoms with Crippen molar-refractivity contribution in [2.45, 2.75) is 18.5 Å². The molecule has 32 heavy (non-hydrogen) atoms. The van der Waals surface area contributed by atoms with Crippen molar-refractivity contribution in [3.05, 3.63) is 59.7 Å². The minimum absolute atomic E-state index is 0.142. The number of thioether (sulfide) groups is 1. The standard InChI is InChI=1S/C21H18F2N6O2S/c1-11-3-5-12(6-4-11)19-26-20(31-28-19)17-18(24)29(27-21(17)32-2)10-16(30)25-15-8-7-13(22)9-14(15)23/h3-9H,10,24H2,1-2H3,(H,25,30). The van der Waals surface area contributed by atoms with Crippen LogP contribution in [0.25, 0.3) is 22.8 Å². The van der Waals surface area contributed by atoms with Crippen LogP contribution >= 0.6 is 11.8 Å². The lowest BCUT2D eigenvalue weighted by Crippen LogP contribution is -2.21. The van der Waals surface area contributed by atoms with Crippen molar-refractivity contribution in [3.8, 4) is 22.8 Å². The van der Waals surface area contributed by atoms with Crippen LogP contribution in [0.3, 0.4) is 0 Å². The van der Waals surface area contributed by atoms with E-state index in [1.165, 1.54) is 16.4 Å². The van der Waals surface area contributed by atoms with Crippen molar-refractivity contribution < 1.29 is 18.1 Å². The van der Waals surface area contributed by atoms with E-state index < -0.39 is 17.5 Å². The number of nitrogen functional groups attached to an aromatic ring is 1. The number of hydrogen-bond donors (Lipinski definition) is 2. The summed E-state index contributed by atoms with van der Waals surface area (Å²) in [4.78, 5) is 16.8. The predicted molar refractivity (Wildman–Crippen MR) is 117 cm³/mol. The van der Waals surface area contributed by atoms with Crippen LogP contribution in [0.1, 0.15) is 5.56 Å². The van der Waals surface area contributed by atoms with Crippen molar-refractivity contribution in [2.75, 3.05) is 17.3 Å². The number of benzene rings is 2. The first-order valence-electron chi connectivity index (χ1n) is 9.42. The maximum atomic E-state index is 13.8. The molecule has 2 aromatic heterocycles. The van der Waals surface area contributed by atoms with Crippen LogP contribution in [0.2, 0.25) is 0 Å². The Hall–Kier alpha value is -3.73. The lowest BCUT2D eigenvalue weighted by Gasteiger charge is -2.07. The molecule has 0 aliphatic carbocycles. The van der Waals surface area contributed by atoms with Gasteiger partial charge in [0.15, 0.2) is 0 Å². The molecule has 2 heterocycles. The Morgan fingerprint density at radius 1 is 1.22 bits per heavy atom. The second kappa shape index (κ2) is 8.79. The number of aryl methyl sites for hydroxylation is 1. The van der Waals surface area contributed by atoms with Crippen LogP contribution in [0, 0.1) is 18.6 Å². The lowest BCUT2D eigenvalue weighted by atomic mass is 10.1. The fourth-order valence-electron chi connectivity index (χ4n) is 2.98. The number of carbonyl (C=O) groups is 1. The number of nitrogens with two attached hydrogens (primary N) is 1. The van der Waals surface area contributed by atoms with Gasteiger partial charge in [0, 0.05) is 11.6 Å². The van der Waals surface area contributed by atoms with Crippen LogP contribution < -0.4 is 11.1 Å². The molecule has 2 aromatic carbocycles. The van der Waals surface area contributed by atoms with Crippen LogP contribution in [0.5, 0.6) is 0 Å². The van der Waals surface area contributed by atoms with E-state index in [9.17, 15) is 13.6 Å². The average molecular weight is 456 g/mol. The van der Waals surface area contributed by atoms with Gasteiger partial charge in [-0.25, -0.2) is 13.5 Å². The number of halogens is 2. The second-order valence-electron chi connectivity index (χ2n) is 6.89. The summed E-state index contributed by atoms with van der Waals surface area (Å²) in [5.74, 6) is -1.51. The van der Waals surface area contributed by atoms with Gasteiger partial charge < -0.3 is 15.6 Å². The minimum Gasteiger partial charge on any atom is -0.383 e. The van der Waals surface area contributed by atoms with E-state index in [1.54, 1.807) is 6.26 Å². The second-order valence-corrected chi connectivity index (χ2v) is 7.68. The summed E-state index contributed by atoms with van der Waals surface area (Å²) >= 11 is 1.29. The molecule has 1 amide bonds. The van der Waals surface area contributed by atoms with E-state index in [0.717, 1.165) is 23.3 Å². The Balaban J connectivity index is 1.58. The Morgan fingerprint density at radius 2 is 1.97 bits per heavy atom. The SMILES string of the molecule is CSc1nn(CC(=O)Nc2ccc(F)cc2F)c(N)c1-c1nc(-c2ccc(C)cc2)no1. The molecule has 8 nitrogen and oxygen atoms in total. The summed E-state index contributed by atoms with van der Waals surface area (Å²) < 4.78 is 33.5. The molecule has 4 aromatic rings. The molecule has 0 fully saturated rings. The number of rotatable bonds is 6. The average Bonchev–Trinajstić information content (AvgIpc) is 3.35. The normalized spacial score (nSPS) is 11.0. The summed E-state index contributed by atoms with van der Waals surface area (Å²) in [5, 5.41) is 11.2. The maximum Gasteiger partial charge on any atom is 0.264 e. The van der Waals surface area contributed by atoms with E-state index in [-0.39, 0.29) is 23.9 Å². The largest absolute Gasteiger partial charge is 0.383 e. The van der Waals surface area contributed by atoms with Crippen LogP contribution in [-0.4, -0.2) is 32.1 Å². The first-order valence-corrected chi connectivity index (χ1v) is 10.6. The predicted octanol–water partition coefficient (Wildman–Crippen LogP) is 4.13. The van der Waals surface area contributed by atoms with Gasteiger partial charge in [-0.3, -0.25) is 4.79 Å². The van der Waals surface area contributed by atoms with Crippen molar-refractivity contribution in [2.24, 2.45) is 0 Å². The fourth-order valence-corrected chi connectivity index (χ4v) is 3.55. The van der Waals surface area contributed by atoms with Gasteiger partial charge in [0.2, 0.25) is 11.7 Å². The quantitative estimate of drug-likeness (QED) is 0.420. The highest BCUT2D eigenvalue weighted by atomic mass is 32.2. The third kappa shape index (κ3) is 4.33. The molecule has 0 aliphatic rings. The third-order valence-electron chi connectivity index (χ3n) is 4.60. The van der Waals surface area contributed by atoms with Crippen LogP contribution in [0.4, 0.5) is 20.3 Å². The third-order valence-corrected chi connectivity index (χ3v) is 5.27. The van der Waals surface area contributed by atoms with E-state index in [2.05, 4.69) is 20.6 Å². The molecule has 0 spiro atoms. The minimum atomic E-state index is -0.883. The Kier molecular flexibility index (Phi) is 5.91. The number of carbonyl (C=O) groups excluding carboxylic acids is 1. The van der Waals surface area contributed by atoms with Gasteiger partial charge in [-0.05, 0) is 25.3 Å². The molecule has 0 atom stereocenters. The Morgan fingerprint density at radius 3 is 2.66 bits per heavy atom. The maximum absolute atomic E-state index is 13.8. The first kappa shape index (κ1) is 21.5. The van der Waals surface area contributed by atoms with Crippen molar-refractivity contribution in [1.82, 2.24) is 19.9 Å². The molecule has 0 bridgehead atoms. The smallest absolute Gasteiger partial charge is 0.264 e. The summed E-state index contributed by atoms with van der Waals surface area (Å²) in [5.41, 5.74) is 8.37. The summed E-state index contributed by atoms with van der Waals surface area (Å²) in [6, 6.07) is 10.5. The zero-order chi connectivity index (χ0) is 22.8. The monoisotopic (exact) mass is 456 g/mol. The number of nitrogens with zero attached hydrogens (tertiary/aromatic N) is 4. The van der Waals surface area contributed by atoms with Crippen molar-refractivity contribution in [1.29, 1.82) is 0 Å². The number of hydrogen-bond acceptors (Lipinski definition) is 7. The van der Waals surface area contributed by atoms with E-state index >= 15 is 0 Å². The van der Waals surface area contributed by atoms with E-state index in [0.29, 0.717) is 22.5 Å². The zero-order valence-corrected chi connectivity index (χ0v) is 17.9. The van der Waals surface area contributed by atoms with Gasteiger partial charge >= 0.3 is 0 Å². The number of amides is 1. The van der Waals surface area contributed by atoms with Gasteiger partial charge in [0.25, 0.3) is 5.89 Å². The summed E-state index contributed by atoms with van der Waals surface area (Å²) in [6.45, 7) is 1.68. The van der Waals surface area contributed by atoms with Crippen LogP contribution in [-0.2, 0) is 11.3 Å². The molecule has 0 saturated heterocycles. The molecule has 0 unspecified atom stereocenters. The van der Waals surface area contributed by atoms with Gasteiger partial charge in [-0.2, -0.15) is 10.1 Å². The van der Waals surface area contributed by atoms with Crippen LogP contribution in [0.15, 0.2) is 52.0 Å². The lowest BCUT2D eigenvalue weighted by molar-refractivity contribution is -0.116. The molecular weight excluding hydrogens is 438 g/mol. The van der Waals surface area contributed by atoms with Gasteiger partial charge in [-0.15, -0.1) is 11.8 Å². The number of nitrogens with one attached hydrogen (secondary N) is 1. The molecule has 4 rings (SSSR count). The van der Waals surface area contributed by atoms with E-state index in [4.69, 9.17) is 10.3 Å². The topological polar surface area (TPSA) is 112 Å². The molecule has 3 N–H and O–H groups in total.